The van der Waals surface area contributed by atoms with Crippen molar-refractivity contribution in [3.8, 4) is 0 Å². The molecule has 1 atom stereocenters. The molecule has 0 amide bonds. The molecular formula is C61H98O6. The molecule has 0 radical (unpaired) electrons. The van der Waals surface area contributed by atoms with Crippen molar-refractivity contribution < 1.29 is 28.6 Å². The molecule has 0 aromatic heterocycles. The van der Waals surface area contributed by atoms with Gasteiger partial charge in [0.1, 0.15) is 13.2 Å². The molecule has 0 rings (SSSR count). The van der Waals surface area contributed by atoms with Gasteiger partial charge in [-0.05, 0) is 135 Å². The quantitative estimate of drug-likeness (QED) is 0.0262. The van der Waals surface area contributed by atoms with E-state index in [-0.39, 0.29) is 37.5 Å². The predicted octanol–water partition coefficient (Wildman–Crippen LogP) is 18.1. The van der Waals surface area contributed by atoms with Crippen LogP contribution in [-0.4, -0.2) is 37.2 Å². The van der Waals surface area contributed by atoms with Gasteiger partial charge in [-0.2, -0.15) is 0 Å². The van der Waals surface area contributed by atoms with E-state index in [0.717, 1.165) is 128 Å². The monoisotopic (exact) mass is 927 g/mol. The van der Waals surface area contributed by atoms with E-state index >= 15 is 0 Å². The van der Waals surface area contributed by atoms with E-state index in [1.807, 2.05) is 0 Å². The third-order valence-electron chi connectivity index (χ3n) is 10.9. The molecule has 0 unspecified atom stereocenters. The number of esters is 3. The highest BCUT2D eigenvalue weighted by Gasteiger charge is 2.19. The summed E-state index contributed by atoms with van der Waals surface area (Å²) in [5, 5.41) is 0. The number of hydrogen-bond donors (Lipinski definition) is 0. The van der Waals surface area contributed by atoms with Crippen LogP contribution >= 0.6 is 0 Å². The molecule has 0 fully saturated rings. The van der Waals surface area contributed by atoms with Crippen LogP contribution in [0.25, 0.3) is 0 Å². The van der Waals surface area contributed by atoms with Crippen LogP contribution in [0.3, 0.4) is 0 Å². The van der Waals surface area contributed by atoms with Crippen LogP contribution in [0.15, 0.2) is 122 Å². The van der Waals surface area contributed by atoms with E-state index in [9.17, 15) is 14.4 Å². The molecule has 0 saturated carbocycles. The van der Waals surface area contributed by atoms with Crippen molar-refractivity contribution in [3.05, 3.63) is 122 Å². The fourth-order valence-corrected chi connectivity index (χ4v) is 6.86. The van der Waals surface area contributed by atoms with Gasteiger partial charge in [0.25, 0.3) is 0 Å². The molecule has 0 heterocycles. The van der Waals surface area contributed by atoms with Crippen molar-refractivity contribution in [3.63, 3.8) is 0 Å². The van der Waals surface area contributed by atoms with Crippen LogP contribution in [0.2, 0.25) is 0 Å². The lowest BCUT2D eigenvalue weighted by atomic mass is 10.1. The van der Waals surface area contributed by atoms with Gasteiger partial charge in [0.2, 0.25) is 0 Å². The summed E-state index contributed by atoms with van der Waals surface area (Å²) in [5.74, 6) is -1.01. The first-order valence-corrected chi connectivity index (χ1v) is 27.0. The summed E-state index contributed by atoms with van der Waals surface area (Å²) in [6, 6.07) is 0. The SMILES string of the molecule is CC/C=C\C/C=C\C/C=C\C/C=C\C/C=C\CCCCCC(=O)OC[C@@H](COC(=O)CCCCCCC/C=C\C/C=C\CCCCC)OC(=O)CCCC/C=C\C/C=C\C/C=C\CCCCC. The molecule has 0 aliphatic rings. The van der Waals surface area contributed by atoms with Gasteiger partial charge in [-0.1, -0.05) is 194 Å². The van der Waals surface area contributed by atoms with Crippen molar-refractivity contribution >= 4 is 17.9 Å². The zero-order valence-corrected chi connectivity index (χ0v) is 43.1. The lowest BCUT2D eigenvalue weighted by molar-refractivity contribution is -0.167. The van der Waals surface area contributed by atoms with Crippen molar-refractivity contribution in [2.24, 2.45) is 0 Å². The van der Waals surface area contributed by atoms with Crippen LogP contribution in [0.4, 0.5) is 0 Å². The molecule has 0 N–H and O–H groups in total. The Hall–Kier alpha value is -4.19. The lowest BCUT2D eigenvalue weighted by Gasteiger charge is -2.18. The maximum atomic E-state index is 12.8. The Labute approximate surface area is 412 Å². The topological polar surface area (TPSA) is 78.9 Å². The Morgan fingerprint density at radius 3 is 0.955 bits per heavy atom. The van der Waals surface area contributed by atoms with Crippen molar-refractivity contribution in [2.45, 2.75) is 232 Å². The summed E-state index contributed by atoms with van der Waals surface area (Å²) in [6.45, 7) is 6.38. The van der Waals surface area contributed by atoms with Crippen molar-refractivity contribution in [2.75, 3.05) is 13.2 Å². The van der Waals surface area contributed by atoms with E-state index in [0.29, 0.717) is 19.3 Å². The fourth-order valence-electron chi connectivity index (χ4n) is 6.86. The molecule has 0 saturated heterocycles. The fraction of sp³-hybridized carbons (Fsp3) is 0.623. The summed E-state index contributed by atoms with van der Waals surface area (Å²) in [5.41, 5.74) is 0. The van der Waals surface area contributed by atoms with Crippen LogP contribution in [0.1, 0.15) is 226 Å². The van der Waals surface area contributed by atoms with Gasteiger partial charge in [-0.25, -0.2) is 0 Å². The second-order valence-electron chi connectivity index (χ2n) is 17.4. The number of ether oxygens (including phenoxy) is 3. The standard InChI is InChI=1S/C61H98O6/c1-4-7-10-13-16-19-22-25-28-29-30-31-34-36-39-42-45-48-51-54-60(63)66-57-58(67-61(64)55-52-49-46-43-40-37-33-27-24-21-18-15-12-9-6-3)56-65-59(62)53-50-47-44-41-38-35-32-26-23-20-17-14-11-8-5-2/h7,10,16-21,25-28,30-33,36,39-40,43,58H,4-6,8-9,11-15,22-24,29,34-35,37-38,41-42,44-57H2,1-3H3/b10-7-,19-16-,20-17-,21-18-,28-25-,31-30-,32-26-,33-27-,39-36-,43-40-/t58-/m1/s1. The summed E-state index contributed by atoms with van der Waals surface area (Å²) >= 11 is 0. The molecule has 0 aliphatic carbocycles. The first-order chi connectivity index (χ1) is 33.0. The predicted molar refractivity (Wildman–Crippen MR) is 288 cm³/mol. The van der Waals surface area contributed by atoms with Crippen molar-refractivity contribution in [1.82, 2.24) is 0 Å². The molecule has 6 heteroatoms. The molecule has 0 aromatic rings. The number of unbranched alkanes of at least 4 members (excludes halogenated alkanes) is 16. The van der Waals surface area contributed by atoms with Crippen molar-refractivity contribution in [1.29, 1.82) is 0 Å². The van der Waals surface area contributed by atoms with E-state index in [1.54, 1.807) is 0 Å². The zero-order chi connectivity index (χ0) is 48.6. The highest BCUT2D eigenvalue weighted by molar-refractivity contribution is 5.71. The van der Waals surface area contributed by atoms with Crippen LogP contribution in [-0.2, 0) is 28.6 Å². The van der Waals surface area contributed by atoms with E-state index in [1.165, 1.54) is 51.4 Å². The maximum absolute atomic E-state index is 12.8. The van der Waals surface area contributed by atoms with Crippen LogP contribution < -0.4 is 0 Å². The molecule has 6 nitrogen and oxygen atoms in total. The van der Waals surface area contributed by atoms with Gasteiger partial charge < -0.3 is 14.2 Å². The number of carbonyl (C=O) groups is 3. The first kappa shape index (κ1) is 62.8. The lowest BCUT2D eigenvalue weighted by Crippen LogP contribution is -2.30. The number of rotatable bonds is 47. The zero-order valence-electron chi connectivity index (χ0n) is 43.1. The van der Waals surface area contributed by atoms with Gasteiger partial charge in [0.05, 0.1) is 0 Å². The average Bonchev–Trinajstić information content (AvgIpc) is 3.33. The Bertz CT molecular complexity index is 1440. The molecule has 0 spiro atoms. The van der Waals surface area contributed by atoms with Gasteiger partial charge in [0, 0.05) is 19.3 Å². The van der Waals surface area contributed by atoms with E-state index in [2.05, 4.69) is 142 Å². The third-order valence-corrected chi connectivity index (χ3v) is 10.9. The van der Waals surface area contributed by atoms with Gasteiger partial charge in [-0.15, -0.1) is 0 Å². The van der Waals surface area contributed by atoms with Crippen LogP contribution in [0, 0.1) is 0 Å². The maximum Gasteiger partial charge on any atom is 0.306 e. The van der Waals surface area contributed by atoms with Crippen LogP contribution in [0.5, 0.6) is 0 Å². The highest BCUT2D eigenvalue weighted by atomic mass is 16.6. The summed E-state index contributed by atoms with van der Waals surface area (Å²) < 4.78 is 16.8. The second kappa shape index (κ2) is 54.4. The minimum atomic E-state index is -0.821. The Kier molecular flexibility index (Phi) is 51.0. The summed E-state index contributed by atoms with van der Waals surface area (Å²) in [6.07, 6.45) is 74.6. The second-order valence-corrected chi connectivity index (χ2v) is 17.4. The number of hydrogen-bond acceptors (Lipinski definition) is 6. The first-order valence-electron chi connectivity index (χ1n) is 27.0. The van der Waals surface area contributed by atoms with Gasteiger partial charge in [0.15, 0.2) is 6.10 Å². The van der Waals surface area contributed by atoms with E-state index < -0.39 is 6.10 Å². The Balaban J connectivity index is 4.55. The Morgan fingerprint density at radius 1 is 0.313 bits per heavy atom. The Morgan fingerprint density at radius 2 is 0.582 bits per heavy atom. The molecule has 0 aliphatic heterocycles. The van der Waals surface area contributed by atoms with Gasteiger partial charge in [-0.3, -0.25) is 14.4 Å². The minimum Gasteiger partial charge on any atom is -0.462 e. The number of allylic oxidation sites excluding steroid dienone is 20. The molecule has 67 heavy (non-hydrogen) atoms. The average molecular weight is 927 g/mol. The van der Waals surface area contributed by atoms with E-state index in [4.69, 9.17) is 14.2 Å². The normalized spacial score (nSPS) is 13.1. The molecule has 0 aromatic carbocycles. The summed E-state index contributed by atoms with van der Waals surface area (Å²) in [7, 11) is 0. The molecule has 0 bridgehead atoms. The smallest absolute Gasteiger partial charge is 0.306 e. The largest absolute Gasteiger partial charge is 0.462 e. The molecular weight excluding hydrogens is 829 g/mol. The highest BCUT2D eigenvalue weighted by Crippen LogP contribution is 2.12. The number of carbonyl (C=O) groups excluding carboxylic acids is 3. The summed E-state index contributed by atoms with van der Waals surface area (Å²) in [4.78, 5) is 38.1. The minimum absolute atomic E-state index is 0.115. The third kappa shape index (κ3) is 52.6. The van der Waals surface area contributed by atoms with Gasteiger partial charge >= 0.3 is 17.9 Å². The molecule has 378 valence electrons.